The minimum atomic E-state index is -4.44. The number of alkyl halides is 3. The van der Waals surface area contributed by atoms with Crippen molar-refractivity contribution in [2.75, 3.05) is 6.54 Å². The monoisotopic (exact) mass is 551 g/mol. The minimum absolute atomic E-state index is 0. The van der Waals surface area contributed by atoms with Crippen LogP contribution in [-0.2, 0) is 19.3 Å². The summed E-state index contributed by atoms with van der Waals surface area (Å²) in [5.41, 5.74) is 1.19. The summed E-state index contributed by atoms with van der Waals surface area (Å²) in [6, 6.07) is 7.90. The van der Waals surface area contributed by atoms with Crippen molar-refractivity contribution in [2.45, 2.75) is 33.1 Å². The minimum Gasteiger partial charge on any atom is -0.439 e. The molecule has 0 fully saturated rings. The quantitative estimate of drug-likeness (QED) is 0.256. The molecule has 162 valence electrons. The number of nitrogens with one attached hydrogen (secondary N) is 2. The number of aliphatic imine (C=N–C) groups is 1. The molecular formula is C19H21F3IN5OS. The lowest BCUT2D eigenvalue weighted by Crippen LogP contribution is -2.36. The standard InChI is InChI=1S/C19H20F3N5OS.HI/c1-3-23-18(26-10-17-27-15(11-29-17)19(20,21)22)25-9-16-24-8-14(28-16)13-6-4-12(2)5-7-13;/h4-8,11H,3,9-10H2,1-2H3,(H2,23,25,26);1H. The van der Waals surface area contributed by atoms with Gasteiger partial charge in [0, 0.05) is 17.5 Å². The van der Waals surface area contributed by atoms with Gasteiger partial charge in [-0.25, -0.2) is 15.0 Å². The van der Waals surface area contributed by atoms with Gasteiger partial charge in [-0.2, -0.15) is 13.2 Å². The Bertz CT molecular complexity index is 969. The SMILES string of the molecule is CCNC(=NCc1ncc(-c2ccc(C)cc2)o1)NCc1nc(C(F)(F)F)cs1.I. The smallest absolute Gasteiger partial charge is 0.434 e. The van der Waals surface area contributed by atoms with Gasteiger partial charge < -0.3 is 15.1 Å². The highest BCUT2D eigenvalue weighted by Gasteiger charge is 2.33. The first-order chi connectivity index (χ1) is 13.8. The van der Waals surface area contributed by atoms with Crippen molar-refractivity contribution in [3.8, 4) is 11.3 Å². The Balaban J connectivity index is 0.00000320. The molecule has 2 heterocycles. The molecule has 0 aliphatic carbocycles. The number of benzene rings is 1. The number of aromatic nitrogens is 2. The number of thiazole rings is 1. The lowest BCUT2D eigenvalue weighted by atomic mass is 10.1. The average Bonchev–Trinajstić information content (AvgIpc) is 3.34. The largest absolute Gasteiger partial charge is 0.439 e. The van der Waals surface area contributed by atoms with E-state index in [1.165, 1.54) is 0 Å². The molecular weight excluding hydrogens is 530 g/mol. The summed E-state index contributed by atoms with van der Waals surface area (Å²) < 4.78 is 43.7. The lowest BCUT2D eigenvalue weighted by molar-refractivity contribution is -0.140. The fraction of sp³-hybridized carbons (Fsp3) is 0.316. The lowest BCUT2D eigenvalue weighted by Gasteiger charge is -2.09. The number of halogens is 4. The van der Waals surface area contributed by atoms with Gasteiger partial charge in [0.2, 0.25) is 5.89 Å². The molecule has 0 saturated heterocycles. The molecule has 1 aromatic carbocycles. The molecule has 3 rings (SSSR count). The highest BCUT2D eigenvalue weighted by Crippen LogP contribution is 2.29. The van der Waals surface area contributed by atoms with E-state index >= 15 is 0 Å². The first-order valence-electron chi connectivity index (χ1n) is 8.90. The predicted molar refractivity (Wildman–Crippen MR) is 121 cm³/mol. The molecule has 0 atom stereocenters. The van der Waals surface area contributed by atoms with Crippen LogP contribution in [0.25, 0.3) is 11.3 Å². The number of oxazole rings is 1. The van der Waals surface area contributed by atoms with E-state index in [9.17, 15) is 13.2 Å². The highest BCUT2D eigenvalue weighted by molar-refractivity contribution is 14.0. The molecule has 0 radical (unpaired) electrons. The van der Waals surface area contributed by atoms with E-state index in [1.807, 2.05) is 38.1 Å². The molecule has 30 heavy (non-hydrogen) atoms. The second-order valence-electron chi connectivity index (χ2n) is 6.16. The Morgan fingerprint density at radius 2 is 1.93 bits per heavy atom. The van der Waals surface area contributed by atoms with E-state index in [0.717, 1.165) is 27.8 Å². The van der Waals surface area contributed by atoms with E-state index in [0.29, 0.717) is 29.2 Å². The van der Waals surface area contributed by atoms with Crippen molar-refractivity contribution in [1.82, 2.24) is 20.6 Å². The zero-order valence-corrected chi connectivity index (χ0v) is 19.4. The van der Waals surface area contributed by atoms with Crippen molar-refractivity contribution < 1.29 is 17.6 Å². The van der Waals surface area contributed by atoms with E-state index in [1.54, 1.807) is 6.20 Å². The van der Waals surface area contributed by atoms with Crippen molar-refractivity contribution in [3.05, 3.63) is 58.0 Å². The molecule has 0 aliphatic heterocycles. The third-order valence-corrected chi connectivity index (χ3v) is 4.70. The van der Waals surface area contributed by atoms with E-state index in [2.05, 4.69) is 25.6 Å². The molecule has 0 unspecified atom stereocenters. The molecule has 2 aromatic heterocycles. The maximum absolute atomic E-state index is 12.6. The molecule has 6 nitrogen and oxygen atoms in total. The molecule has 2 N–H and O–H groups in total. The van der Waals surface area contributed by atoms with Crippen LogP contribution >= 0.6 is 35.3 Å². The maximum atomic E-state index is 12.6. The average molecular weight is 551 g/mol. The van der Waals surface area contributed by atoms with Crippen LogP contribution in [0.15, 0.2) is 45.3 Å². The number of aryl methyl sites for hydroxylation is 1. The van der Waals surface area contributed by atoms with Crippen LogP contribution in [0.3, 0.4) is 0 Å². The second kappa shape index (κ2) is 10.8. The van der Waals surface area contributed by atoms with E-state index < -0.39 is 11.9 Å². The number of nitrogens with zero attached hydrogens (tertiary/aromatic N) is 3. The van der Waals surface area contributed by atoms with Crippen LogP contribution in [0, 0.1) is 6.92 Å². The maximum Gasteiger partial charge on any atom is 0.434 e. The van der Waals surface area contributed by atoms with Gasteiger partial charge in [0.05, 0.1) is 12.7 Å². The summed E-state index contributed by atoms with van der Waals surface area (Å²) in [7, 11) is 0. The van der Waals surface area contributed by atoms with Gasteiger partial charge in [-0.1, -0.05) is 29.8 Å². The third kappa shape index (κ3) is 6.69. The molecule has 11 heteroatoms. The zero-order valence-electron chi connectivity index (χ0n) is 16.3. The summed E-state index contributed by atoms with van der Waals surface area (Å²) in [6.45, 7) is 4.82. The highest BCUT2D eigenvalue weighted by atomic mass is 127. The summed E-state index contributed by atoms with van der Waals surface area (Å²) in [6.07, 6.45) is -2.79. The van der Waals surface area contributed by atoms with Gasteiger partial charge in [0.25, 0.3) is 0 Å². The van der Waals surface area contributed by atoms with Crippen molar-refractivity contribution in [2.24, 2.45) is 4.99 Å². The Hall–Kier alpha value is -2.15. The Morgan fingerprint density at radius 3 is 2.57 bits per heavy atom. The zero-order chi connectivity index (χ0) is 20.9. The van der Waals surface area contributed by atoms with Crippen molar-refractivity contribution >= 4 is 41.3 Å². The van der Waals surface area contributed by atoms with Gasteiger partial charge in [-0.3, -0.25) is 0 Å². The fourth-order valence-electron chi connectivity index (χ4n) is 2.40. The number of hydrogen-bond acceptors (Lipinski definition) is 5. The van der Waals surface area contributed by atoms with Gasteiger partial charge in [0.15, 0.2) is 17.4 Å². The summed E-state index contributed by atoms with van der Waals surface area (Å²) >= 11 is 0.946. The molecule has 0 amide bonds. The first kappa shape index (κ1) is 24.1. The normalized spacial score (nSPS) is 11.8. The Kier molecular flexibility index (Phi) is 8.65. The molecule has 0 aliphatic rings. The molecule has 3 aromatic rings. The Morgan fingerprint density at radius 1 is 1.20 bits per heavy atom. The van der Waals surface area contributed by atoms with E-state index in [-0.39, 0.29) is 37.1 Å². The van der Waals surface area contributed by atoms with Crippen LogP contribution in [0.1, 0.15) is 29.1 Å². The number of rotatable bonds is 6. The third-order valence-electron chi connectivity index (χ3n) is 3.86. The van der Waals surface area contributed by atoms with Crippen LogP contribution in [-0.4, -0.2) is 22.5 Å². The van der Waals surface area contributed by atoms with Crippen LogP contribution in [0.2, 0.25) is 0 Å². The van der Waals surface area contributed by atoms with Gasteiger partial charge in [-0.15, -0.1) is 35.3 Å². The molecule has 0 bridgehead atoms. The summed E-state index contributed by atoms with van der Waals surface area (Å²) in [5, 5.41) is 7.32. The number of hydrogen-bond donors (Lipinski definition) is 2. The van der Waals surface area contributed by atoms with Crippen LogP contribution in [0.4, 0.5) is 13.2 Å². The Labute approximate surface area is 193 Å². The fourth-order valence-corrected chi connectivity index (χ4v) is 3.15. The van der Waals surface area contributed by atoms with Gasteiger partial charge >= 0.3 is 6.18 Å². The van der Waals surface area contributed by atoms with Crippen molar-refractivity contribution in [1.29, 1.82) is 0 Å². The summed E-state index contributed by atoms with van der Waals surface area (Å²) in [5.74, 6) is 1.52. The van der Waals surface area contributed by atoms with Gasteiger partial charge in [-0.05, 0) is 13.8 Å². The second-order valence-corrected chi connectivity index (χ2v) is 7.10. The topological polar surface area (TPSA) is 75.3 Å². The predicted octanol–water partition coefficient (Wildman–Crippen LogP) is 5.00. The summed E-state index contributed by atoms with van der Waals surface area (Å²) in [4.78, 5) is 12.2. The van der Waals surface area contributed by atoms with Crippen LogP contribution in [0.5, 0.6) is 0 Å². The first-order valence-corrected chi connectivity index (χ1v) is 9.78. The number of guanidine groups is 1. The van der Waals surface area contributed by atoms with Crippen molar-refractivity contribution in [3.63, 3.8) is 0 Å². The van der Waals surface area contributed by atoms with E-state index in [4.69, 9.17) is 4.42 Å². The molecule has 0 saturated carbocycles. The van der Waals surface area contributed by atoms with Gasteiger partial charge in [0.1, 0.15) is 11.6 Å². The molecule has 0 spiro atoms. The van der Waals surface area contributed by atoms with Crippen LogP contribution < -0.4 is 10.6 Å².